The van der Waals surface area contributed by atoms with Gasteiger partial charge < -0.3 is 34.3 Å². The van der Waals surface area contributed by atoms with Crippen molar-refractivity contribution in [2.45, 2.75) is 6.92 Å². The van der Waals surface area contributed by atoms with Crippen molar-refractivity contribution in [2.75, 3.05) is 71.4 Å². The van der Waals surface area contributed by atoms with Gasteiger partial charge in [-0.05, 0) is 55.0 Å². The molecule has 3 aromatic rings. The largest absolute Gasteiger partial charge is 0.496 e. The van der Waals surface area contributed by atoms with Gasteiger partial charge >= 0.3 is 6.03 Å². The van der Waals surface area contributed by atoms with E-state index in [1.165, 1.54) is 21.1 Å². The Balaban J connectivity index is 1.44. The van der Waals surface area contributed by atoms with E-state index >= 15 is 0 Å². The highest BCUT2D eigenvalue weighted by Gasteiger charge is 2.18. The summed E-state index contributed by atoms with van der Waals surface area (Å²) in [4.78, 5) is 27.1. The van der Waals surface area contributed by atoms with Gasteiger partial charge in [0.15, 0.2) is 17.3 Å². The summed E-state index contributed by atoms with van der Waals surface area (Å²) in [5, 5.41) is 5.68. The number of carbonyl (C=O) groups excluding carboxylic acids is 2. The molecule has 0 atom stereocenters. The number of benzene rings is 3. The molecule has 1 heterocycles. The minimum atomic E-state index is -0.427. The highest BCUT2D eigenvalue weighted by molar-refractivity contribution is 6.01. The number of ether oxygens (including phenoxy) is 5. The predicted octanol–water partition coefficient (Wildman–Crippen LogP) is 4.94. The normalized spacial score (nSPS) is 13.3. The van der Waals surface area contributed by atoms with Crippen LogP contribution in [0.15, 0.2) is 54.6 Å². The van der Waals surface area contributed by atoms with Crippen molar-refractivity contribution in [1.82, 2.24) is 4.90 Å². The van der Waals surface area contributed by atoms with Crippen LogP contribution in [0.4, 0.5) is 16.2 Å². The number of anilines is 2. The second-order valence-corrected chi connectivity index (χ2v) is 9.14. The lowest BCUT2D eigenvalue weighted by atomic mass is 9.99. The Morgan fingerprint density at radius 2 is 1.55 bits per heavy atom. The van der Waals surface area contributed by atoms with Gasteiger partial charge in [-0.15, -0.1) is 0 Å². The second-order valence-electron chi connectivity index (χ2n) is 9.14. The maximum atomic E-state index is 12.8. The number of amides is 2. The predicted molar refractivity (Wildman–Crippen MR) is 153 cm³/mol. The Kier molecular flexibility index (Phi) is 9.82. The number of hydrogen-bond acceptors (Lipinski definition) is 8. The van der Waals surface area contributed by atoms with E-state index in [9.17, 15) is 9.59 Å². The minimum Gasteiger partial charge on any atom is -0.496 e. The Morgan fingerprint density at radius 1 is 0.850 bits per heavy atom. The van der Waals surface area contributed by atoms with Crippen LogP contribution in [0.3, 0.4) is 0 Å². The molecule has 4 rings (SSSR count). The number of methoxy groups -OCH3 is 3. The number of rotatable bonds is 11. The van der Waals surface area contributed by atoms with E-state index in [0.717, 1.165) is 44.2 Å². The van der Waals surface area contributed by atoms with E-state index in [1.54, 1.807) is 49.6 Å². The second kappa shape index (κ2) is 13.7. The van der Waals surface area contributed by atoms with Crippen LogP contribution in [-0.4, -0.2) is 77.5 Å². The molecule has 0 aliphatic carbocycles. The van der Waals surface area contributed by atoms with Crippen LogP contribution in [0, 0.1) is 0 Å². The molecule has 0 spiro atoms. The molecule has 2 N–H and O–H groups in total. The number of nitrogens with one attached hydrogen (secondary N) is 2. The van der Waals surface area contributed by atoms with E-state index < -0.39 is 6.03 Å². The van der Waals surface area contributed by atoms with Crippen LogP contribution < -0.4 is 29.6 Å². The summed E-state index contributed by atoms with van der Waals surface area (Å²) in [5.74, 6) is 1.98. The maximum absolute atomic E-state index is 12.8. The van der Waals surface area contributed by atoms with Crippen molar-refractivity contribution in [1.29, 1.82) is 0 Å². The van der Waals surface area contributed by atoms with E-state index in [0.29, 0.717) is 46.4 Å². The van der Waals surface area contributed by atoms with Crippen LogP contribution in [0.1, 0.15) is 17.3 Å². The molecule has 0 saturated carbocycles. The number of Topliss-reactive ketones (excluding diaryl/α,β-unsaturated/α-hetero) is 1. The third kappa shape index (κ3) is 7.22. The number of hydrogen-bond donors (Lipinski definition) is 2. The molecular formula is C30H35N3O7. The van der Waals surface area contributed by atoms with Crippen LogP contribution >= 0.6 is 0 Å². The maximum Gasteiger partial charge on any atom is 0.323 e. The summed E-state index contributed by atoms with van der Waals surface area (Å²) in [6.45, 7) is 6.26. The molecular weight excluding hydrogens is 514 g/mol. The molecule has 212 valence electrons. The molecule has 0 bridgehead atoms. The van der Waals surface area contributed by atoms with Gasteiger partial charge in [0.2, 0.25) is 0 Å². The molecule has 40 heavy (non-hydrogen) atoms. The third-order valence-corrected chi connectivity index (χ3v) is 6.52. The van der Waals surface area contributed by atoms with Crippen molar-refractivity contribution < 1.29 is 33.3 Å². The summed E-state index contributed by atoms with van der Waals surface area (Å²) in [5.41, 5.74) is 2.96. The number of urea groups is 1. The Labute approximate surface area is 234 Å². The lowest BCUT2D eigenvalue weighted by Crippen LogP contribution is -2.38. The number of ketones is 1. The molecule has 0 radical (unpaired) electrons. The zero-order valence-corrected chi connectivity index (χ0v) is 23.2. The van der Waals surface area contributed by atoms with Crippen molar-refractivity contribution in [3.8, 4) is 34.1 Å². The van der Waals surface area contributed by atoms with Gasteiger partial charge in [-0.3, -0.25) is 9.69 Å². The van der Waals surface area contributed by atoms with Crippen LogP contribution in [0.5, 0.6) is 23.0 Å². The van der Waals surface area contributed by atoms with E-state index in [4.69, 9.17) is 23.7 Å². The summed E-state index contributed by atoms with van der Waals surface area (Å²) < 4.78 is 27.8. The lowest BCUT2D eigenvalue weighted by molar-refractivity contribution is 0.0322. The fourth-order valence-electron chi connectivity index (χ4n) is 4.45. The van der Waals surface area contributed by atoms with Gasteiger partial charge in [-0.25, -0.2) is 4.79 Å². The van der Waals surface area contributed by atoms with Gasteiger partial charge in [-0.2, -0.15) is 0 Å². The first-order chi connectivity index (χ1) is 19.4. The SMILES string of the molecule is COc1cc(-c2cc(NC(=O)Nc3ccc(OCCN4CCOCC4)cc3)cc(OC)c2OC)ccc1C(C)=O. The topological polar surface area (TPSA) is 108 Å². The molecule has 2 amide bonds. The molecule has 1 saturated heterocycles. The first kappa shape index (κ1) is 28.7. The quantitative estimate of drug-likeness (QED) is 0.324. The average molecular weight is 550 g/mol. The Bertz CT molecular complexity index is 1320. The minimum absolute atomic E-state index is 0.104. The van der Waals surface area contributed by atoms with Gasteiger partial charge in [-0.1, -0.05) is 6.07 Å². The zero-order chi connectivity index (χ0) is 28.5. The summed E-state index contributed by atoms with van der Waals surface area (Å²) >= 11 is 0. The highest BCUT2D eigenvalue weighted by Crippen LogP contribution is 2.42. The Hall–Kier alpha value is -4.28. The van der Waals surface area contributed by atoms with Gasteiger partial charge in [0.05, 0.1) is 40.1 Å². The monoisotopic (exact) mass is 549 g/mol. The summed E-state index contributed by atoms with van der Waals surface area (Å²) in [6.07, 6.45) is 0. The molecule has 1 fully saturated rings. The molecule has 1 aliphatic rings. The standard InChI is InChI=1S/C30H35N3O7/c1-20(34)25-10-5-21(17-27(25)36-2)26-18-23(19-28(37-3)29(26)38-4)32-30(35)31-22-6-8-24(9-7-22)40-16-13-33-11-14-39-15-12-33/h5-10,17-19H,11-16H2,1-4H3,(H2,31,32,35). The molecule has 0 aromatic heterocycles. The number of morpholine rings is 1. The lowest BCUT2D eigenvalue weighted by Gasteiger charge is -2.26. The van der Waals surface area contributed by atoms with Gasteiger partial charge in [0.25, 0.3) is 0 Å². The molecule has 3 aromatic carbocycles. The summed E-state index contributed by atoms with van der Waals surface area (Å²) in [7, 11) is 4.57. The Morgan fingerprint density at radius 3 is 2.20 bits per heavy atom. The van der Waals surface area contributed by atoms with Crippen molar-refractivity contribution >= 4 is 23.2 Å². The molecule has 1 aliphatic heterocycles. The fraction of sp³-hybridized carbons (Fsp3) is 0.333. The number of nitrogens with zero attached hydrogens (tertiary/aromatic N) is 1. The van der Waals surface area contributed by atoms with Gasteiger partial charge in [0, 0.05) is 42.6 Å². The van der Waals surface area contributed by atoms with Crippen LogP contribution in [0.25, 0.3) is 11.1 Å². The smallest absolute Gasteiger partial charge is 0.323 e. The van der Waals surface area contributed by atoms with Crippen molar-refractivity contribution in [3.63, 3.8) is 0 Å². The molecule has 10 nitrogen and oxygen atoms in total. The molecule has 0 unspecified atom stereocenters. The molecule has 10 heteroatoms. The summed E-state index contributed by atoms with van der Waals surface area (Å²) in [6, 6.07) is 15.5. The number of carbonyl (C=O) groups is 2. The first-order valence-corrected chi connectivity index (χ1v) is 13.0. The fourth-order valence-corrected chi connectivity index (χ4v) is 4.45. The first-order valence-electron chi connectivity index (χ1n) is 13.0. The third-order valence-electron chi connectivity index (χ3n) is 6.52. The van der Waals surface area contributed by atoms with E-state index in [-0.39, 0.29) is 5.78 Å². The van der Waals surface area contributed by atoms with Crippen molar-refractivity contribution in [2.24, 2.45) is 0 Å². The average Bonchev–Trinajstić information content (AvgIpc) is 2.97. The zero-order valence-electron chi connectivity index (χ0n) is 23.2. The van der Waals surface area contributed by atoms with Crippen LogP contribution in [0.2, 0.25) is 0 Å². The van der Waals surface area contributed by atoms with E-state index in [2.05, 4.69) is 15.5 Å². The van der Waals surface area contributed by atoms with E-state index in [1.807, 2.05) is 12.1 Å². The van der Waals surface area contributed by atoms with Gasteiger partial charge in [0.1, 0.15) is 18.1 Å². The highest BCUT2D eigenvalue weighted by atomic mass is 16.5. The van der Waals surface area contributed by atoms with Crippen molar-refractivity contribution in [3.05, 3.63) is 60.2 Å². The van der Waals surface area contributed by atoms with Crippen LogP contribution in [-0.2, 0) is 4.74 Å².